The van der Waals surface area contributed by atoms with Crippen molar-refractivity contribution in [1.29, 1.82) is 0 Å². The van der Waals surface area contributed by atoms with Gasteiger partial charge in [-0.2, -0.15) is 0 Å². The van der Waals surface area contributed by atoms with Gasteiger partial charge in [0.25, 0.3) is 0 Å². The second-order valence-corrected chi connectivity index (χ2v) is 8.59. The molecule has 4 rings (SSSR count). The van der Waals surface area contributed by atoms with Gasteiger partial charge in [-0.25, -0.2) is 18.7 Å². The van der Waals surface area contributed by atoms with E-state index in [0.717, 1.165) is 0 Å². The molecule has 0 atom stereocenters. The first-order chi connectivity index (χ1) is 16.3. The van der Waals surface area contributed by atoms with Crippen LogP contribution in [0.25, 0.3) is 22.0 Å². The maximum atomic E-state index is 15.6. The Kier molecular flexibility index (Phi) is 6.74. The standard InChI is InChI=1S/C25H27F2N5O2/c1-16-14-17-24(23(27)21(16)22-18(26)6-4-7-19(22)33)28-15-29-25(17)32-12-10-31(11-13-32)20(34)8-5-9-30(2)3/h4-8,14-15,33H,9-13H2,1-3H3/b8-5+. The number of aromatic hydroxyl groups is 1. The van der Waals surface area contributed by atoms with Gasteiger partial charge in [-0.05, 0) is 44.8 Å². The van der Waals surface area contributed by atoms with Crippen LogP contribution in [0.15, 0.2) is 42.7 Å². The van der Waals surface area contributed by atoms with Crippen molar-refractivity contribution < 1.29 is 18.7 Å². The number of halogens is 2. The van der Waals surface area contributed by atoms with Crippen molar-refractivity contribution in [2.75, 3.05) is 51.7 Å². The molecule has 3 aromatic rings. The predicted molar refractivity (Wildman–Crippen MR) is 128 cm³/mol. The molecule has 9 heteroatoms. The highest BCUT2D eigenvalue weighted by molar-refractivity contribution is 5.95. The first-order valence-electron chi connectivity index (χ1n) is 11.0. The lowest BCUT2D eigenvalue weighted by molar-refractivity contribution is -0.126. The molecule has 34 heavy (non-hydrogen) atoms. The van der Waals surface area contributed by atoms with Gasteiger partial charge in [-0.1, -0.05) is 12.1 Å². The summed E-state index contributed by atoms with van der Waals surface area (Å²) in [5, 5.41) is 10.7. The number of likely N-dealkylation sites (N-methyl/N-ethyl adjacent to an activating group) is 1. The van der Waals surface area contributed by atoms with Crippen LogP contribution in [0.3, 0.4) is 0 Å². The number of phenolic OH excluding ortho intramolecular Hbond substituents is 1. The van der Waals surface area contributed by atoms with Crippen molar-refractivity contribution in [3.05, 3.63) is 59.9 Å². The normalized spacial score (nSPS) is 14.5. The fraction of sp³-hybridized carbons (Fsp3) is 0.320. The van der Waals surface area contributed by atoms with E-state index in [9.17, 15) is 14.3 Å². The Morgan fingerprint density at radius 3 is 2.56 bits per heavy atom. The van der Waals surface area contributed by atoms with E-state index in [2.05, 4.69) is 9.97 Å². The minimum atomic E-state index is -0.712. The molecule has 1 aliphatic rings. The molecule has 178 valence electrons. The summed E-state index contributed by atoms with van der Waals surface area (Å²) in [6.45, 7) is 4.46. The first kappa shape index (κ1) is 23.6. The summed E-state index contributed by atoms with van der Waals surface area (Å²) in [5.74, 6) is -1.23. The van der Waals surface area contributed by atoms with E-state index in [1.54, 1.807) is 24.0 Å². The zero-order chi connectivity index (χ0) is 24.4. The number of rotatable bonds is 5. The number of hydrogen-bond acceptors (Lipinski definition) is 6. The Labute approximate surface area is 196 Å². The fourth-order valence-electron chi connectivity index (χ4n) is 4.20. The van der Waals surface area contributed by atoms with Crippen molar-refractivity contribution in [3.63, 3.8) is 0 Å². The van der Waals surface area contributed by atoms with E-state index >= 15 is 4.39 Å². The van der Waals surface area contributed by atoms with E-state index in [4.69, 9.17) is 0 Å². The molecular weight excluding hydrogens is 440 g/mol. The molecule has 1 aliphatic heterocycles. The fourth-order valence-corrected chi connectivity index (χ4v) is 4.20. The SMILES string of the molecule is Cc1cc2c(N3CCN(C(=O)/C=C/CN(C)C)CC3)ncnc2c(F)c1-c1c(O)cccc1F. The minimum Gasteiger partial charge on any atom is -0.507 e. The summed E-state index contributed by atoms with van der Waals surface area (Å²) < 4.78 is 30.1. The highest BCUT2D eigenvalue weighted by Gasteiger charge is 2.25. The molecule has 2 heterocycles. The van der Waals surface area contributed by atoms with E-state index < -0.39 is 11.6 Å². The monoisotopic (exact) mass is 467 g/mol. The zero-order valence-corrected chi connectivity index (χ0v) is 19.4. The van der Waals surface area contributed by atoms with Gasteiger partial charge in [0.1, 0.15) is 29.2 Å². The smallest absolute Gasteiger partial charge is 0.246 e. The summed E-state index contributed by atoms with van der Waals surface area (Å²) in [4.78, 5) is 26.7. The Hall–Kier alpha value is -3.59. The number of nitrogens with zero attached hydrogens (tertiary/aromatic N) is 5. The zero-order valence-electron chi connectivity index (χ0n) is 19.4. The lowest BCUT2D eigenvalue weighted by Gasteiger charge is -2.35. The van der Waals surface area contributed by atoms with Crippen LogP contribution in [-0.4, -0.2) is 77.6 Å². The van der Waals surface area contributed by atoms with E-state index in [1.807, 2.05) is 30.0 Å². The Morgan fingerprint density at radius 2 is 1.88 bits per heavy atom. The van der Waals surface area contributed by atoms with Crippen LogP contribution in [0, 0.1) is 18.6 Å². The van der Waals surface area contributed by atoms with Gasteiger partial charge in [-0.3, -0.25) is 4.79 Å². The number of amides is 1. The summed E-state index contributed by atoms with van der Waals surface area (Å²) in [6.07, 6.45) is 4.71. The molecule has 0 saturated carbocycles. The summed E-state index contributed by atoms with van der Waals surface area (Å²) in [5.41, 5.74) is 0.307. The molecular formula is C25H27F2N5O2. The van der Waals surface area contributed by atoms with Crippen LogP contribution in [0.5, 0.6) is 5.75 Å². The summed E-state index contributed by atoms with van der Waals surface area (Å²) >= 11 is 0. The molecule has 0 unspecified atom stereocenters. The molecule has 1 N–H and O–H groups in total. The lowest BCUT2D eigenvalue weighted by Crippen LogP contribution is -2.48. The molecule has 0 spiro atoms. The molecule has 1 amide bonds. The van der Waals surface area contributed by atoms with Gasteiger partial charge >= 0.3 is 0 Å². The number of aryl methyl sites for hydroxylation is 1. The number of phenols is 1. The van der Waals surface area contributed by atoms with E-state index in [0.29, 0.717) is 49.5 Å². The highest BCUT2D eigenvalue weighted by atomic mass is 19.1. The summed E-state index contributed by atoms with van der Waals surface area (Å²) in [7, 11) is 3.87. The van der Waals surface area contributed by atoms with Crippen molar-refractivity contribution in [2.45, 2.75) is 6.92 Å². The van der Waals surface area contributed by atoms with Gasteiger partial charge in [0.2, 0.25) is 5.91 Å². The number of aromatic nitrogens is 2. The molecule has 0 bridgehead atoms. The number of piperazine rings is 1. The number of fused-ring (bicyclic) bond motifs is 1. The number of carbonyl (C=O) groups is 1. The number of carbonyl (C=O) groups excluding carboxylic acids is 1. The average molecular weight is 468 g/mol. The molecule has 2 aromatic carbocycles. The third kappa shape index (κ3) is 4.56. The number of hydrogen-bond donors (Lipinski definition) is 1. The maximum absolute atomic E-state index is 15.6. The van der Waals surface area contributed by atoms with Crippen LogP contribution in [-0.2, 0) is 4.79 Å². The topological polar surface area (TPSA) is 72.8 Å². The van der Waals surface area contributed by atoms with Crippen molar-refractivity contribution in [1.82, 2.24) is 19.8 Å². The lowest BCUT2D eigenvalue weighted by atomic mass is 9.96. The summed E-state index contributed by atoms with van der Waals surface area (Å²) in [6, 6.07) is 5.59. The Morgan fingerprint density at radius 1 is 1.15 bits per heavy atom. The molecule has 1 fully saturated rings. The number of benzene rings is 2. The third-order valence-electron chi connectivity index (χ3n) is 5.91. The molecule has 0 aliphatic carbocycles. The Bertz CT molecular complexity index is 1230. The van der Waals surface area contributed by atoms with Gasteiger partial charge < -0.3 is 19.8 Å². The van der Waals surface area contributed by atoms with E-state index in [1.165, 1.54) is 24.5 Å². The second-order valence-electron chi connectivity index (χ2n) is 8.59. The largest absolute Gasteiger partial charge is 0.507 e. The van der Waals surface area contributed by atoms with Crippen molar-refractivity contribution in [2.24, 2.45) is 0 Å². The van der Waals surface area contributed by atoms with Crippen LogP contribution in [0.4, 0.5) is 14.6 Å². The van der Waals surface area contributed by atoms with Crippen LogP contribution >= 0.6 is 0 Å². The minimum absolute atomic E-state index is 0.0207. The highest BCUT2D eigenvalue weighted by Crippen LogP contribution is 2.39. The van der Waals surface area contributed by atoms with Crippen LogP contribution < -0.4 is 4.90 Å². The van der Waals surface area contributed by atoms with E-state index in [-0.39, 0.29) is 28.3 Å². The van der Waals surface area contributed by atoms with Crippen LogP contribution in [0.1, 0.15) is 5.56 Å². The quantitative estimate of drug-likeness (QED) is 0.581. The Balaban J connectivity index is 1.62. The predicted octanol–water partition coefficient (Wildman–Crippen LogP) is 3.36. The molecule has 0 radical (unpaired) electrons. The van der Waals surface area contributed by atoms with Crippen LogP contribution in [0.2, 0.25) is 0 Å². The average Bonchev–Trinajstić information content (AvgIpc) is 2.80. The molecule has 7 nitrogen and oxygen atoms in total. The number of anilines is 1. The van der Waals surface area contributed by atoms with Gasteiger partial charge in [-0.15, -0.1) is 0 Å². The second kappa shape index (κ2) is 9.72. The van der Waals surface area contributed by atoms with Gasteiger partial charge in [0.15, 0.2) is 5.82 Å². The van der Waals surface area contributed by atoms with Crippen molar-refractivity contribution >= 4 is 22.6 Å². The van der Waals surface area contributed by atoms with Gasteiger partial charge in [0, 0.05) is 49.7 Å². The molecule has 1 saturated heterocycles. The maximum Gasteiger partial charge on any atom is 0.246 e. The van der Waals surface area contributed by atoms with Crippen molar-refractivity contribution in [3.8, 4) is 16.9 Å². The van der Waals surface area contributed by atoms with Gasteiger partial charge in [0.05, 0.1) is 5.56 Å². The molecule has 1 aromatic heterocycles. The first-order valence-corrected chi connectivity index (χ1v) is 11.0. The third-order valence-corrected chi connectivity index (χ3v) is 5.91.